The molecule has 2 saturated heterocycles. The van der Waals surface area contributed by atoms with Gasteiger partial charge in [-0.2, -0.15) is 4.98 Å². The molecule has 0 N–H and O–H groups in total. The van der Waals surface area contributed by atoms with E-state index in [0.717, 1.165) is 24.8 Å². The van der Waals surface area contributed by atoms with Crippen molar-refractivity contribution in [2.75, 3.05) is 19.6 Å². The fourth-order valence-electron chi connectivity index (χ4n) is 3.84. The van der Waals surface area contributed by atoms with Crippen LogP contribution in [0.3, 0.4) is 0 Å². The van der Waals surface area contributed by atoms with Crippen molar-refractivity contribution in [1.82, 2.24) is 24.9 Å². The highest BCUT2D eigenvalue weighted by atomic mass is 16.5. The molecule has 2 aromatic heterocycles. The second-order valence-corrected chi connectivity index (χ2v) is 7.17. The van der Waals surface area contributed by atoms with E-state index in [-0.39, 0.29) is 23.8 Å². The van der Waals surface area contributed by atoms with Crippen LogP contribution in [-0.2, 0) is 9.59 Å². The van der Waals surface area contributed by atoms with Gasteiger partial charge in [-0.25, -0.2) is 0 Å². The van der Waals surface area contributed by atoms with Gasteiger partial charge in [0, 0.05) is 44.4 Å². The number of aromatic nitrogens is 3. The molecule has 0 unspecified atom stereocenters. The summed E-state index contributed by atoms with van der Waals surface area (Å²) in [6.07, 6.45) is 6.37. The molecule has 4 heterocycles. The van der Waals surface area contributed by atoms with Gasteiger partial charge in [0.05, 0.1) is 5.56 Å². The van der Waals surface area contributed by atoms with Crippen molar-refractivity contribution in [2.24, 2.45) is 0 Å². The zero-order chi connectivity index (χ0) is 18.8. The molecule has 2 fully saturated rings. The molecule has 0 bridgehead atoms. The third-order valence-electron chi connectivity index (χ3n) is 5.46. The second-order valence-electron chi connectivity index (χ2n) is 7.17. The van der Waals surface area contributed by atoms with Crippen LogP contribution in [0.5, 0.6) is 0 Å². The Balaban J connectivity index is 1.36. The highest BCUT2D eigenvalue weighted by molar-refractivity contribution is 5.88. The Morgan fingerprint density at radius 2 is 2.11 bits per heavy atom. The number of carbonyl (C=O) groups is 2. The van der Waals surface area contributed by atoms with Gasteiger partial charge in [-0.05, 0) is 38.3 Å². The summed E-state index contributed by atoms with van der Waals surface area (Å²) in [6.45, 7) is 3.80. The molecule has 1 atom stereocenters. The molecule has 27 heavy (non-hydrogen) atoms. The largest absolute Gasteiger partial charge is 0.341 e. The topological polar surface area (TPSA) is 92.4 Å². The van der Waals surface area contributed by atoms with Gasteiger partial charge >= 0.3 is 0 Å². The third kappa shape index (κ3) is 3.56. The van der Waals surface area contributed by atoms with Crippen LogP contribution in [-0.4, -0.2) is 62.4 Å². The first-order valence-corrected chi connectivity index (χ1v) is 9.46. The molecule has 2 amide bonds. The zero-order valence-electron chi connectivity index (χ0n) is 15.4. The van der Waals surface area contributed by atoms with Gasteiger partial charge in [-0.3, -0.25) is 14.6 Å². The van der Waals surface area contributed by atoms with Crippen LogP contribution in [0.4, 0.5) is 0 Å². The first-order valence-electron chi connectivity index (χ1n) is 9.46. The van der Waals surface area contributed by atoms with Gasteiger partial charge in [0.2, 0.25) is 11.8 Å². The van der Waals surface area contributed by atoms with E-state index in [1.54, 1.807) is 17.3 Å². The maximum atomic E-state index is 12.7. The molecular formula is C19H23N5O3. The van der Waals surface area contributed by atoms with Crippen molar-refractivity contribution in [3.63, 3.8) is 0 Å². The molecule has 0 radical (unpaired) electrons. The lowest BCUT2D eigenvalue weighted by atomic mass is 9.95. The minimum Gasteiger partial charge on any atom is -0.341 e. The quantitative estimate of drug-likeness (QED) is 0.817. The van der Waals surface area contributed by atoms with Crippen molar-refractivity contribution in [3.05, 3.63) is 30.4 Å². The first-order chi connectivity index (χ1) is 13.1. The number of amides is 2. The maximum absolute atomic E-state index is 12.7. The van der Waals surface area contributed by atoms with Crippen molar-refractivity contribution < 1.29 is 14.1 Å². The smallest absolute Gasteiger partial charge is 0.259 e. The van der Waals surface area contributed by atoms with Crippen LogP contribution < -0.4 is 0 Å². The van der Waals surface area contributed by atoms with Crippen molar-refractivity contribution in [3.8, 4) is 11.5 Å². The molecule has 0 aliphatic carbocycles. The van der Waals surface area contributed by atoms with Crippen molar-refractivity contribution in [1.29, 1.82) is 0 Å². The molecule has 8 heteroatoms. The van der Waals surface area contributed by atoms with E-state index in [1.807, 2.05) is 24.0 Å². The molecule has 0 saturated carbocycles. The number of carbonyl (C=O) groups excluding carboxylic acids is 2. The zero-order valence-corrected chi connectivity index (χ0v) is 15.4. The van der Waals surface area contributed by atoms with E-state index >= 15 is 0 Å². The van der Waals surface area contributed by atoms with E-state index < -0.39 is 0 Å². The number of nitrogens with zero attached hydrogens (tertiary/aromatic N) is 5. The van der Waals surface area contributed by atoms with E-state index in [9.17, 15) is 9.59 Å². The average Bonchev–Trinajstić information content (AvgIpc) is 3.37. The number of likely N-dealkylation sites (tertiary alicyclic amines) is 2. The van der Waals surface area contributed by atoms with Gasteiger partial charge in [-0.15, -0.1) is 0 Å². The molecule has 2 aliphatic rings. The predicted molar refractivity (Wildman–Crippen MR) is 96.5 cm³/mol. The van der Waals surface area contributed by atoms with Crippen molar-refractivity contribution in [2.45, 2.75) is 44.6 Å². The lowest BCUT2D eigenvalue weighted by Gasteiger charge is -2.34. The molecule has 2 aliphatic heterocycles. The van der Waals surface area contributed by atoms with E-state index in [0.29, 0.717) is 37.8 Å². The van der Waals surface area contributed by atoms with Crippen LogP contribution in [0.25, 0.3) is 11.5 Å². The first kappa shape index (κ1) is 17.6. The van der Waals surface area contributed by atoms with Gasteiger partial charge in [-0.1, -0.05) is 5.16 Å². The van der Waals surface area contributed by atoms with E-state index in [4.69, 9.17) is 4.52 Å². The summed E-state index contributed by atoms with van der Waals surface area (Å²) in [5.74, 6) is 1.45. The van der Waals surface area contributed by atoms with Crippen LogP contribution in [0.1, 0.15) is 44.3 Å². The van der Waals surface area contributed by atoms with Crippen LogP contribution in [0, 0.1) is 0 Å². The average molecular weight is 369 g/mol. The molecule has 2 aromatic rings. The van der Waals surface area contributed by atoms with Crippen LogP contribution in [0.15, 0.2) is 29.0 Å². The summed E-state index contributed by atoms with van der Waals surface area (Å²) in [7, 11) is 0. The molecule has 142 valence electrons. The SMILES string of the molecule is C[C@@H](C(=O)N1CCC(c2noc(-c3cccnc3)n2)CC1)N1CCCC1=O. The Morgan fingerprint density at radius 3 is 2.78 bits per heavy atom. The van der Waals surface area contributed by atoms with Crippen molar-refractivity contribution >= 4 is 11.8 Å². The van der Waals surface area contributed by atoms with Gasteiger partial charge in [0.15, 0.2) is 5.82 Å². The summed E-state index contributed by atoms with van der Waals surface area (Å²) in [5, 5.41) is 4.12. The standard InChI is InChI=1S/C19H23N5O3/c1-13(24-9-3-5-16(24)25)19(26)23-10-6-14(7-11-23)17-21-18(27-22-17)15-4-2-8-20-12-15/h2,4,8,12-14H,3,5-7,9-11H2,1H3/t13-/m0/s1. The molecule has 0 aromatic carbocycles. The van der Waals surface area contributed by atoms with Crippen LogP contribution >= 0.6 is 0 Å². The Bertz CT molecular complexity index is 814. The minimum absolute atomic E-state index is 0.0351. The van der Waals surface area contributed by atoms with E-state index in [1.165, 1.54) is 0 Å². The predicted octanol–water partition coefficient (Wildman–Crippen LogP) is 1.85. The Kier molecular flexibility index (Phi) is 4.87. The Morgan fingerprint density at radius 1 is 1.30 bits per heavy atom. The summed E-state index contributed by atoms with van der Waals surface area (Å²) >= 11 is 0. The van der Waals surface area contributed by atoms with Gasteiger partial charge < -0.3 is 14.3 Å². The lowest BCUT2D eigenvalue weighted by Crippen LogP contribution is -2.49. The number of rotatable bonds is 4. The van der Waals surface area contributed by atoms with Crippen LogP contribution in [0.2, 0.25) is 0 Å². The molecule has 4 rings (SSSR count). The number of hydrogen-bond donors (Lipinski definition) is 0. The summed E-state index contributed by atoms with van der Waals surface area (Å²) < 4.78 is 5.37. The second kappa shape index (κ2) is 7.46. The number of piperidine rings is 1. The normalized spacial score (nSPS) is 19.5. The summed E-state index contributed by atoms with van der Waals surface area (Å²) in [5.41, 5.74) is 0.799. The third-order valence-corrected chi connectivity index (χ3v) is 5.46. The summed E-state index contributed by atoms with van der Waals surface area (Å²) in [4.78, 5) is 36.8. The Labute approximate surface area is 157 Å². The minimum atomic E-state index is -0.376. The van der Waals surface area contributed by atoms with Gasteiger partial charge in [0.25, 0.3) is 5.89 Å². The number of hydrogen-bond acceptors (Lipinski definition) is 6. The van der Waals surface area contributed by atoms with Gasteiger partial charge in [0.1, 0.15) is 6.04 Å². The molecule has 8 nitrogen and oxygen atoms in total. The Hall–Kier alpha value is -2.77. The summed E-state index contributed by atoms with van der Waals surface area (Å²) in [6, 6.07) is 3.33. The maximum Gasteiger partial charge on any atom is 0.259 e. The fourth-order valence-corrected chi connectivity index (χ4v) is 3.84. The lowest BCUT2D eigenvalue weighted by molar-refractivity contribution is -0.143. The highest BCUT2D eigenvalue weighted by Gasteiger charge is 2.34. The molecule has 0 spiro atoms. The highest BCUT2D eigenvalue weighted by Crippen LogP contribution is 2.28. The number of pyridine rings is 1. The monoisotopic (exact) mass is 369 g/mol. The van der Waals surface area contributed by atoms with E-state index in [2.05, 4.69) is 15.1 Å². The fraction of sp³-hybridized carbons (Fsp3) is 0.526. The molecular weight excluding hydrogens is 346 g/mol.